The number of rotatable bonds is 17. The second kappa shape index (κ2) is 17.3. The highest BCUT2D eigenvalue weighted by Crippen LogP contribution is 2.14. The third-order valence-electron chi connectivity index (χ3n) is 4.90. The van der Waals surface area contributed by atoms with Crippen molar-refractivity contribution in [3.05, 3.63) is 0 Å². The Labute approximate surface area is 142 Å². The van der Waals surface area contributed by atoms with Crippen LogP contribution < -0.4 is 0 Å². The molecule has 1 heteroatoms. The monoisotopic (exact) mass is 311 g/mol. The van der Waals surface area contributed by atoms with E-state index < -0.39 is 0 Å². The van der Waals surface area contributed by atoms with E-state index in [-0.39, 0.29) is 0 Å². The van der Waals surface area contributed by atoms with Gasteiger partial charge in [-0.3, -0.25) is 0 Å². The molecule has 0 aromatic rings. The van der Waals surface area contributed by atoms with Gasteiger partial charge in [0.15, 0.2) is 0 Å². The summed E-state index contributed by atoms with van der Waals surface area (Å²) in [6.45, 7) is 13.0. The van der Waals surface area contributed by atoms with Gasteiger partial charge in [0.25, 0.3) is 0 Å². The van der Waals surface area contributed by atoms with Crippen molar-refractivity contribution in [3.63, 3.8) is 0 Å². The first-order chi connectivity index (χ1) is 10.7. The second-order valence-electron chi connectivity index (χ2n) is 7.45. The molecular formula is C21H45N. The van der Waals surface area contributed by atoms with Gasteiger partial charge in [-0.1, -0.05) is 105 Å². The Hall–Kier alpha value is -0.0400. The maximum absolute atomic E-state index is 2.54. The van der Waals surface area contributed by atoms with E-state index in [9.17, 15) is 0 Å². The van der Waals surface area contributed by atoms with E-state index in [0.717, 1.165) is 5.92 Å². The molecule has 0 aliphatic heterocycles. The molecule has 0 rings (SSSR count). The van der Waals surface area contributed by atoms with Gasteiger partial charge in [-0.25, -0.2) is 0 Å². The molecule has 0 atom stereocenters. The molecule has 0 heterocycles. The van der Waals surface area contributed by atoms with E-state index in [1.165, 1.54) is 103 Å². The van der Waals surface area contributed by atoms with Gasteiger partial charge in [-0.2, -0.15) is 0 Å². The van der Waals surface area contributed by atoms with Crippen molar-refractivity contribution in [3.8, 4) is 0 Å². The average Bonchev–Trinajstić information content (AvgIpc) is 2.51. The molecule has 0 saturated carbocycles. The Morgan fingerprint density at radius 1 is 0.545 bits per heavy atom. The van der Waals surface area contributed by atoms with Crippen molar-refractivity contribution in [1.29, 1.82) is 0 Å². The summed E-state index contributed by atoms with van der Waals surface area (Å²) in [7, 11) is 0. The lowest BCUT2D eigenvalue weighted by Crippen LogP contribution is -2.23. The van der Waals surface area contributed by atoms with Gasteiger partial charge in [0.1, 0.15) is 0 Å². The molecule has 0 aliphatic rings. The Balaban J connectivity index is 3.05. The second-order valence-corrected chi connectivity index (χ2v) is 7.45. The van der Waals surface area contributed by atoms with E-state index in [2.05, 4.69) is 32.6 Å². The highest BCUT2D eigenvalue weighted by molar-refractivity contribution is 4.54. The molecule has 0 spiro atoms. The predicted molar refractivity (Wildman–Crippen MR) is 103 cm³/mol. The molecule has 0 amide bonds. The molecule has 0 aromatic heterocycles. The van der Waals surface area contributed by atoms with Crippen LogP contribution in [0.1, 0.15) is 111 Å². The average molecular weight is 312 g/mol. The SMILES string of the molecule is CCN(CC)CCCCCCCCCCCCCCC(C)C. The van der Waals surface area contributed by atoms with Crippen LogP contribution in [0.4, 0.5) is 0 Å². The zero-order valence-electron chi connectivity index (χ0n) is 16.3. The lowest BCUT2D eigenvalue weighted by atomic mass is 10.0. The standard InChI is InChI=1S/C21H45N/c1-5-22(6-2)20-18-16-14-12-10-8-7-9-11-13-15-17-19-21(3)4/h21H,5-20H2,1-4H3. The summed E-state index contributed by atoms with van der Waals surface area (Å²) in [5.74, 6) is 0.895. The van der Waals surface area contributed by atoms with Crippen molar-refractivity contribution >= 4 is 0 Å². The first kappa shape index (κ1) is 22.0. The van der Waals surface area contributed by atoms with Crippen LogP contribution in [-0.4, -0.2) is 24.5 Å². The third kappa shape index (κ3) is 16.3. The zero-order chi connectivity index (χ0) is 16.5. The zero-order valence-corrected chi connectivity index (χ0v) is 16.3. The molecule has 0 saturated heterocycles. The van der Waals surface area contributed by atoms with Crippen LogP contribution in [0.5, 0.6) is 0 Å². The lowest BCUT2D eigenvalue weighted by molar-refractivity contribution is 0.295. The van der Waals surface area contributed by atoms with Crippen LogP contribution in [0.2, 0.25) is 0 Å². The van der Waals surface area contributed by atoms with Gasteiger partial charge in [-0.15, -0.1) is 0 Å². The fourth-order valence-corrected chi connectivity index (χ4v) is 3.20. The van der Waals surface area contributed by atoms with E-state index in [4.69, 9.17) is 0 Å². The van der Waals surface area contributed by atoms with Crippen LogP contribution in [0, 0.1) is 5.92 Å². The van der Waals surface area contributed by atoms with Crippen molar-refractivity contribution < 1.29 is 0 Å². The summed E-state index contributed by atoms with van der Waals surface area (Å²) in [5, 5.41) is 0. The molecule has 0 radical (unpaired) electrons. The van der Waals surface area contributed by atoms with Crippen LogP contribution >= 0.6 is 0 Å². The number of hydrogen-bond acceptors (Lipinski definition) is 1. The first-order valence-electron chi connectivity index (χ1n) is 10.4. The summed E-state index contributed by atoms with van der Waals surface area (Å²) >= 11 is 0. The minimum absolute atomic E-state index is 0.895. The largest absolute Gasteiger partial charge is 0.304 e. The molecule has 0 aliphatic carbocycles. The summed E-state index contributed by atoms with van der Waals surface area (Å²) < 4.78 is 0. The fraction of sp³-hybridized carbons (Fsp3) is 1.00. The Kier molecular flexibility index (Phi) is 17.3. The van der Waals surface area contributed by atoms with Crippen LogP contribution in [0.3, 0.4) is 0 Å². The molecule has 134 valence electrons. The molecule has 0 bridgehead atoms. The summed E-state index contributed by atoms with van der Waals surface area (Å²) in [5.41, 5.74) is 0. The topological polar surface area (TPSA) is 3.24 Å². The summed E-state index contributed by atoms with van der Waals surface area (Å²) in [6.07, 6.45) is 18.9. The minimum atomic E-state index is 0.895. The van der Waals surface area contributed by atoms with Crippen LogP contribution in [0.15, 0.2) is 0 Å². The molecule has 22 heavy (non-hydrogen) atoms. The summed E-state index contributed by atoms with van der Waals surface area (Å²) in [6, 6.07) is 0. The van der Waals surface area contributed by atoms with Gasteiger partial charge in [0.05, 0.1) is 0 Å². The quantitative estimate of drug-likeness (QED) is 0.260. The Morgan fingerprint density at radius 2 is 0.909 bits per heavy atom. The van der Waals surface area contributed by atoms with Gasteiger partial charge in [-0.05, 0) is 32.0 Å². The minimum Gasteiger partial charge on any atom is -0.304 e. The molecule has 0 aromatic carbocycles. The highest BCUT2D eigenvalue weighted by atomic mass is 15.1. The van der Waals surface area contributed by atoms with Crippen molar-refractivity contribution in [2.24, 2.45) is 5.92 Å². The van der Waals surface area contributed by atoms with E-state index >= 15 is 0 Å². The lowest BCUT2D eigenvalue weighted by Gasteiger charge is -2.17. The summed E-state index contributed by atoms with van der Waals surface area (Å²) in [4.78, 5) is 2.54. The Morgan fingerprint density at radius 3 is 1.27 bits per heavy atom. The first-order valence-corrected chi connectivity index (χ1v) is 10.4. The number of unbranched alkanes of at least 4 members (excludes halogenated alkanes) is 11. The maximum atomic E-state index is 2.54. The molecule has 0 unspecified atom stereocenters. The Bertz CT molecular complexity index is 196. The smallest absolute Gasteiger partial charge is 0.00190 e. The molecule has 0 fully saturated rings. The number of nitrogens with zero attached hydrogens (tertiary/aromatic N) is 1. The fourth-order valence-electron chi connectivity index (χ4n) is 3.20. The number of hydrogen-bond donors (Lipinski definition) is 0. The van der Waals surface area contributed by atoms with Crippen LogP contribution in [-0.2, 0) is 0 Å². The molecular weight excluding hydrogens is 266 g/mol. The van der Waals surface area contributed by atoms with E-state index in [0.29, 0.717) is 0 Å². The van der Waals surface area contributed by atoms with E-state index in [1.54, 1.807) is 0 Å². The van der Waals surface area contributed by atoms with Gasteiger partial charge >= 0.3 is 0 Å². The van der Waals surface area contributed by atoms with Gasteiger partial charge in [0, 0.05) is 0 Å². The molecule has 1 nitrogen and oxygen atoms in total. The predicted octanol–water partition coefficient (Wildman–Crippen LogP) is 7.06. The third-order valence-corrected chi connectivity index (χ3v) is 4.90. The van der Waals surface area contributed by atoms with Crippen molar-refractivity contribution in [1.82, 2.24) is 4.90 Å². The van der Waals surface area contributed by atoms with Crippen molar-refractivity contribution in [2.45, 2.75) is 111 Å². The van der Waals surface area contributed by atoms with Gasteiger partial charge < -0.3 is 4.90 Å². The van der Waals surface area contributed by atoms with Gasteiger partial charge in [0.2, 0.25) is 0 Å². The van der Waals surface area contributed by atoms with Crippen molar-refractivity contribution in [2.75, 3.05) is 19.6 Å². The molecule has 0 N–H and O–H groups in total. The maximum Gasteiger partial charge on any atom is -0.00190 e. The van der Waals surface area contributed by atoms with E-state index in [1.807, 2.05) is 0 Å². The van der Waals surface area contributed by atoms with Crippen LogP contribution in [0.25, 0.3) is 0 Å². The highest BCUT2D eigenvalue weighted by Gasteiger charge is 1.98. The normalized spacial score (nSPS) is 11.7.